The van der Waals surface area contributed by atoms with Gasteiger partial charge in [-0.1, -0.05) is 0 Å². The smallest absolute Gasteiger partial charge is 0.333 e. The fourth-order valence-corrected chi connectivity index (χ4v) is 1.59. The van der Waals surface area contributed by atoms with Gasteiger partial charge < -0.3 is 10.1 Å². The molecule has 0 fully saturated rings. The van der Waals surface area contributed by atoms with Gasteiger partial charge in [0, 0.05) is 26.8 Å². The van der Waals surface area contributed by atoms with Crippen molar-refractivity contribution in [3.05, 3.63) is 15.8 Å². The van der Waals surface area contributed by atoms with E-state index in [1.807, 2.05) is 6.92 Å². The van der Waals surface area contributed by atoms with E-state index in [2.05, 4.69) is 10.4 Å². The van der Waals surface area contributed by atoms with E-state index in [4.69, 9.17) is 4.74 Å². The van der Waals surface area contributed by atoms with E-state index < -0.39 is 4.92 Å². The molecule has 0 bridgehead atoms. The van der Waals surface area contributed by atoms with Gasteiger partial charge in [-0.05, 0) is 20.3 Å². The van der Waals surface area contributed by atoms with Gasteiger partial charge >= 0.3 is 5.69 Å². The van der Waals surface area contributed by atoms with E-state index in [0.29, 0.717) is 31.3 Å². The molecule has 7 nitrogen and oxygen atoms in total. The molecule has 0 aromatic carbocycles. The summed E-state index contributed by atoms with van der Waals surface area (Å²) in [6.07, 6.45) is 0.801. The van der Waals surface area contributed by atoms with Crippen molar-refractivity contribution in [2.45, 2.75) is 20.3 Å². The van der Waals surface area contributed by atoms with Crippen LogP contribution in [0.2, 0.25) is 0 Å². The van der Waals surface area contributed by atoms with E-state index in [1.54, 1.807) is 14.0 Å². The molecule has 0 amide bonds. The van der Waals surface area contributed by atoms with Gasteiger partial charge in [-0.15, -0.1) is 0 Å². The Morgan fingerprint density at radius 1 is 1.59 bits per heavy atom. The molecule has 1 aromatic heterocycles. The number of anilines is 1. The molecule has 17 heavy (non-hydrogen) atoms. The number of aryl methyl sites for hydroxylation is 2. The Morgan fingerprint density at radius 2 is 2.29 bits per heavy atom. The Hall–Kier alpha value is -1.63. The largest absolute Gasteiger partial charge is 0.382 e. The third-order valence-electron chi connectivity index (χ3n) is 2.34. The Morgan fingerprint density at radius 3 is 2.88 bits per heavy atom. The lowest BCUT2D eigenvalue weighted by molar-refractivity contribution is -0.384. The van der Waals surface area contributed by atoms with Crippen molar-refractivity contribution in [3.8, 4) is 0 Å². The Balaban J connectivity index is 2.61. The minimum atomic E-state index is -0.410. The summed E-state index contributed by atoms with van der Waals surface area (Å²) in [5.74, 6) is 0.448. The first-order chi connectivity index (χ1) is 8.07. The van der Waals surface area contributed by atoms with Crippen LogP contribution in [0, 0.1) is 17.0 Å². The molecule has 0 aliphatic heterocycles. The van der Waals surface area contributed by atoms with E-state index in [1.165, 1.54) is 4.68 Å². The van der Waals surface area contributed by atoms with Gasteiger partial charge in [-0.25, -0.2) is 4.68 Å². The fraction of sp³-hybridized carbons (Fsp3) is 0.700. The van der Waals surface area contributed by atoms with Gasteiger partial charge in [-0.2, -0.15) is 5.10 Å². The van der Waals surface area contributed by atoms with Crippen molar-refractivity contribution < 1.29 is 9.66 Å². The summed E-state index contributed by atoms with van der Waals surface area (Å²) >= 11 is 0. The normalized spacial score (nSPS) is 10.5. The van der Waals surface area contributed by atoms with Crippen LogP contribution < -0.4 is 5.32 Å². The second-order valence-corrected chi connectivity index (χ2v) is 3.64. The van der Waals surface area contributed by atoms with Gasteiger partial charge in [0.25, 0.3) is 0 Å². The molecule has 0 saturated carbocycles. The number of ether oxygens (including phenoxy) is 1. The van der Waals surface area contributed by atoms with Crippen molar-refractivity contribution in [3.63, 3.8) is 0 Å². The summed E-state index contributed by atoms with van der Waals surface area (Å²) < 4.78 is 6.68. The Bertz CT molecular complexity index is 389. The number of nitro groups is 1. The highest BCUT2D eigenvalue weighted by Crippen LogP contribution is 2.26. The molecular weight excluding hydrogens is 224 g/mol. The number of hydrogen-bond donors (Lipinski definition) is 1. The van der Waals surface area contributed by atoms with Crippen molar-refractivity contribution in [2.75, 3.05) is 25.1 Å². The molecule has 1 rings (SSSR count). The lowest BCUT2D eigenvalue weighted by Crippen LogP contribution is -2.10. The first-order valence-corrected chi connectivity index (χ1v) is 5.57. The average Bonchev–Trinajstić information content (AvgIpc) is 2.53. The molecule has 0 aliphatic rings. The second-order valence-electron chi connectivity index (χ2n) is 3.64. The maximum atomic E-state index is 10.9. The molecular formula is C10H18N4O3. The fourth-order valence-electron chi connectivity index (χ4n) is 1.59. The van der Waals surface area contributed by atoms with Crippen molar-refractivity contribution in [2.24, 2.45) is 7.05 Å². The predicted octanol–water partition coefficient (Wildman–Crippen LogP) is 1.48. The molecule has 1 N–H and O–H groups in total. The monoisotopic (exact) mass is 242 g/mol. The van der Waals surface area contributed by atoms with Crippen LogP contribution in [0.25, 0.3) is 0 Å². The molecule has 0 saturated heterocycles. The minimum absolute atomic E-state index is 0.0453. The highest BCUT2D eigenvalue weighted by Gasteiger charge is 2.23. The summed E-state index contributed by atoms with van der Waals surface area (Å²) in [6, 6.07) is 0. The van der Waals surface area contributed by atoms with Crippen molar-refractivity contribution in [1.82, 2.24) is 9.78 Å². The second kappa shape index (κ2) is 6.19. The van der Waals surface area contributed by atoms with Gasteiger partial charge in [0.05, 0.1) is 4.92 Å². The highest BCUT2D eigenvalue weighted by atomic mass is 16.6. The molecule has 1 heterocycles. The van der Waals surface area contributed by atoms with E-state index >= 15 is 0 Å². The van der Waals surface area contributed by atoms with Crippen LogP contribution in [0.5, 0.6) is 0 Å². The minimum Gasteiger partial charge on any atom is -0.382 e. The van der Waals surface area contributed by atoms with E-state index in [-0.39, 0.29) is 5.69 Å². The van der Waals surface area contributed by atoms with Crippen LogP contribution in [-0.2, 0) is 11.8 Å². The van der Waals surface area contributed by atoms with Gasteiger partial charge in [0.15, 0.2) is 0 Å². The average molecular weight is 242 g/mol. The quantitative estimate of drug-likeness (QED) is 0.445. The first-order valence-electron chi connectivity index (χ1n) is 5.57. The first kappa shape index (κ1) is 13.4. The van der Waals surface area contributed by atoms with Gasteiger partial charge in [0.1, 0.15) is 5.69 Å². The van der Waals surface area contributed by atoms with Crippen LogP contribution in [0.1, 0.15) is 19.0 Å². The summed E-state index contributed by atoms with van der Waals surface area (Å²) in [5.41, 5.74) is 0.466. The maximum absolute atomic E-state index is 10.9. The van der Waals surface area contributed by atoms with Crippen LogP contribution in [-0.4, -0.2) is 34.5 Å². The molecule has 0 unspecified atom stereocenters. The summed E-state index contributed by atoms with van der Waals surface area (Å²) in [7, 11) is 1.69. The molecule has 0 radical (unpaired) electrons. The molecule has 0 aliphatic carbocycles. The lowest BCUT2D eigenvalue weighted by Gasteiger charge is -2.05. The lowest BCUT2D eigenvalue weighted by atomic mass is 10.3. The van der Waals surface area contributed by atoms with Crippen LogP contribution in [0.4, 0.5) is 11.5 Å². The molecule has 7 heteroatoms. The Labute approximate surface area is 99.9 Å². The Kier molecular flexibility index (Phi) is 4.89. The number of rotatable bonds is 7. The number of aromatic nitrogens is 2. The summed E-state index contributed by atoms with van der Waals surface area (Å²) in [5, 5.41) is 17.9. The topological polar surface area (TPSA) is 82.2 Å². The van der Waals surface area contributed by atoms with Gasteiger partial charge in [-0.3, -0.25) is 10.1 Å². The third-order valence-corrected chi connectivity index (χ3v) is 2.34. The zero-order valence-electron chi connectivity index (χ0n) is 10.4. The zero-order chi connectivity index (χ0) is 12.8. The zero-order valence-corrected chi connectivity index (χ0v) is 10.4. The summed E-state index contributed by atoms with van der Waals surface area (Å²) in [6.45, 7) is 5.52. The van der Waals surface area contributed by atoms with Gasteiger partial charge in [0.2, 0.25) is 5.82 Å². The van der Waals surface area contributed by atoms with Crippen molar-refractivity contribution in [1.29, 1.82) is 0 Å². The van der Waals surface area contributed by atoms with E-state index in [9.17, 15) is 10.1 Å². The standard InChI is InChI=1S/C10H18N4O3/c1-4-17-7-5-6-11-10-9(14(15)16)8(2)12-13(10)3/h11H,4-7H2,1-3H3. The predicted molar refractivity (Wildman–Crippen MR) is 64.2 cm³/mol. The maximum Gasteiger partial charge on any atom is 0.333 e. The highest BCUT2D eigenvalue weighted by molar-refractivity contribution is 5.59. The summed E-state index contributed by atoms with van der Waals surface area (Å²) in [4.78, 5) is 10.5. The SMILES string of the molecule is CCOCCCNc1c([N+](=O)[O-])c(C)nn1C. The van der Waals surface area contributed by atoms with Crippen LogP contribution in [0.15, 0.2) is 0 Å². The van der Waals surface area contributed by atoms with Crippen molar-refractivity contribution >= 4 is 11.5 Å². The number of hydrogen-bond acceptors (Lipinski definition) is 5. The molecule has 1 aromatic rings. The number of nitrogens with one attached hydrogen (secondary N) is 1. The molecule has 0 atom stereocenters. The van der Waals surface area contributed by atoms with Crippen LogP contribution >= 0.6 is 0 Å². The van der Waals surface area contributed by atoms with E-state index in [0.717, 1.165) is 6.42 Å². The molecule has 0 spiro atoms. The van der Waals surface area contributed by atoms with Crippen LogP contribution in [0.3, 0.4) is 0 Å². The third kappa shape index (κ3) is 3.42. The molecule has 96 valence electrons. The number of nitrogens with zero attached hydrogens (tertiary/aromatic N) is 3.